The van der Waals surface area contributed by atoms with Gasteiger partial charge in [0.15, 0.2) is 11.8 Å². The summed E-state index contributed by atoms with van der Waals surface area (Å²) in [5, 5.41) is 6.52. The van der Waals surface area contributed by atoms with Crippen molar-refractivity contribution in [1.29, 1.82) is 0 Å². The van der Waals surface area contributed by atoms with Gasteiger partial charge in [-0.15, -0.1) is 0 Å². The van der Waals surface area contributed by atoms with E-state index in [0.717, 1.165) is 18.5 Å². The highest BCUT2D eigenvalue weighted by Gasteiger charge is 2.18. The highest BCUT2D eigenvalue weighted by Crippen LogP contribution is 2.05. The van der Waals surface area contributed by atoms with Crippen molar-refractivity contribution >= 4 is 11.9 Å². The Morgan fingerprint density at radius 2 is 2.31 bits per heavy atom. The number of aromatic amines is 1. The van der Waals surface area contributed by atoms with Gasteiger partial charge in [0, 0.05) is 5.69 Å². The van der Waals surface area contributed by atoms with Crippen LogP contribution in [0.4, 0.5) is 0 Å². The van der Waals surface area contributed by atoms with Crippen molar-refractivity contribution in [2.24, 2.45) is 5.73 Å². The molecule has 0 aromatic carbocycles. The molecule has 1 aromatic heterocycles. The molecule has 0 aliphatic heterocycles. The lowest BCUT2D eigenvalue weighted by Crippen LogP contribution is -2.30. The predicted octanol–water partition coefficient (Wildman–Crippen LogP) is 0.393. The Balaban J connectivity index is 2.62. The molecule has 1 rings (SSSR count). The summed E-state index contributed by atoms with van der Waals surface area (Å²) in [5.74, 6) is -1.33. The summed E-state index contributed by atoms with van der Waals surface area (Å²) in [4.78, 5) is 22.2. The number of aryl methyl sites for hydroxylation is 1. The summed E-state index contributed by atoms with van der Waals surface area (Å²) in [6, 6.07) is 1.61. The average Bonchev–Trinajstić information content (AvgIpc) is 2.66. The summed E-state index contributed by atoms with van der Waals surface area (Å²) in [7, 11) is 0. The van der Waals surface area contributed by atoms with Crippen molar-refractivity contribution < 1.29 is 14.3 Å². The minimum atomic E-state index is -0.946. The number of ether oxygens (including phenoxy) is 1. The van der Waals surface area contributed by atoms with E-state index in [2.05, 4.69) is 10.2 Å². The van der Waals surface area contributed by atoms with Crippen LogP contribution >= 0.6 is 0 Å². The normalized spacial score (nSPS) is 12.1. The van der Waals surface area contributed by atoms with Crippen LogP contribution in [0.3, 0.4) is 0 Å². The molecular formula is C10H15N3O3. The Hall–Kier alpha value is -1.85. The van der Waals surface area contributed by atoms with Crippen LogP contribution in [0.15, 0.2) is 6.07 Å². The molecule has 0 radical (unpaired) electrons. The summed E-state index contributed by atoms with van der Waals surface area (Å²) in [6.45, 7) is 3.44. The van der Waals surface area contributed by atoms with Crippen molar-refractivity contribution in [1.82, 2.24) is 10.2 Å². The third-order valence-corrected chi connectivity index (χ3v) is 2.04. The predicted molar refractivity (Wildman–Crippen MR) is 56.7 cm³/mol. The summed E-state index contributed by atoms with van der Waals surface area (Å²) in [5.41, 5.74) is 6.00. The van der Waals surface area contributed by atoms with Crippen LogP contribution in [0.2, 0.25) is 0 Å². The summed E-state index contributed by atoms with van der Waals surface area (Å²) >= 11 is 0. The number of H-pyrrole nitrogens is 1. The topological polar surface area (TPSA) is 98.1 Å². The van der Waals surface area contributed by atoms with Crippen LogP contribution in [0, 0.1) is 0 Å². The van der Waals surface area contributed by atoms with Gasteiger partial charge in [-0.25, -0.2) is 4.79 Å². The molecule has 0 aliphatic rings. The number of nitrogens with zero attached hydrogens (tertiary/aromatic N) is 1. The van der Waals surface area contributed by atoms with Gasteiger partial charge >= 0.3 is 5.97 Å². The van der Waals surface area contributed by atoms with Crippen LogP contribution in [0.1, 0.15) is 36.5 Å². The molecule has 0 saturated carbocycles. The fraction of sp³-hybridized carbons (Fsp3) is 0.500. The molecule has 6 nitrogen and oxygen atoms in total. The molecule has 16 heavy (non-hydrogen) atoms. The maximum Gasteiger partial charge on any atom is 0.359 e. The molecule has 88 valence electrons. The number of nitrogens with one attached hydrogen (secondary N) is 1. The number of aromatic nitrogens is 2. The maximum absolute atomic E-state index is 11.5. The first-order chi connectivity index (χ1) is 7.54. The quantitative estimate of drug-likeness (QED) is 0.708. The van der Waals surface area contributed by atoms with Gasteiger partial charge in [0.05, 0.1) is 0 Å². The molecule has 1 unspecified atom stereocenters. The zero-order chi connectivity index (χ0) is 12.1. The standard InChI is InChI=1S/C10H15N3O3/c1-3-4-7-5-8(13-12-7)10(15)16-6(2)9(11)14/h5-6H,3-4H2,1-2H3,(H2,11,14)(H,12,13). The Labute approximate surface area is 93.2 Å². The third kappa shape index (κ3) is 3.08. The molecule has 0 bridgehead atoms. The molecule has 0 spiro atoms. The molecule has 6 heteroatoms. The number of primary amides is 1. The molecular weight excluding hydrogens is 210 g/mol. The second-order valence-corrected chi connectivity index (χ2v) is 3.48. The number of carbonyl (C=O) groups excluding carboxylic acids is 2. The van der Waals surface area contributed by atoms with Crippen LogP contribution in [0.5, 0.6) is 0 Å². The van der Waals surface area contributed by atoms with Gasteiger partial charge in [0.1, 0.15) is 0 Å². The lowest BCUT2D eigenvalue weighted by Gasteiger charge is -2.07. The Morgan fingerprint density at radius 1 is 1.62 bits per heavy atom. The van der Waals surface area contributed by atoms with Gasteiger partial charge in [-0.05, 0) is 19.4 Å². The monoisotopic (exact) mass is 225 g/mol. The van der Waals surface area contributed by atoms with Gasteiger partial charge in [0.2, 0.25) is 0 Å². The zero-order valence-electron chi connectivity index (χ0n) is 9.32. The SMILES string of the molecule is CCCc1cc(C(=O)OC(C)C(N)=O)n[nH]1. The fourth-order valence-electron chi connectivity index (χ4n) is 1.14. The van der Waals surface area contributed by atoms with E-state index in [1.54, 1.807) is 6.07 Å². The maximum atomic E-state index is 11.5. The van der Waals surface area contributed by atoms with Crippen molar-refractivity contribution in [3.05, 3.63) is 17.5 Å². The number of esters is 1. The fourth-order valence-corrected chi connectivity index (χ4v) is 1.14. The molecule has 1 atom stereocenters. The first kappa shape index (κ1) is 12.2. The van der Waals surface area contributed by atoms with Crippen molar-refractivity contribution in [3.8, 4) is 0 Å². The van der Waals surface area contributed by atoms with Gasteiger partial charge in [-0.2, -0.15) is 5.10 Å². The lowest BCUT2D eigenvalue weighted by molar-refractivity contribution is -0.125. The number of hydrogen-bond acceptors (Lipinski definition) is 4. The number of amides is 1. The van der Waals surface area contributed by atoms with E-state index < -0.39 is 18.0 Å². The van der Waals surface area contributed by atoms with E-state index in [-0.39, 0.29) is 5.69 Å². The van der Waals surface area contributed by atoms with Crippen LogP contribution in [-0.4, -0.2) is 28.2 Å². The zero-order valence-corrected chi connectivity index (χ0v) is 9.32. The number of nitrogens with two attached hydrogens (primary N) is 1. The number of carbonyl (C=O) groups is 2. The molecule has 1 heterocycles. The van der Waals surface area contributed by atoms with Crippen LogP contribution < -0.4 is 5.73 Å². The molecule has 1 amide bonds. The highest BCUT2D eigenvalue weighted by molar-refractivity contribution is 5.90. The van der Waals surface area contributed by atoms with Crippen LogP contribution in [0.25, 0.3) is 0 Å². The van der Waals surface area contributed by atoms with Crippen molar-refractivity contribution in [2.45, 2.75) is 32.8 Å². The van der Waals surface area contributed by atoms with Crippen molar-refractivity contribution in [3.63, 3.8) is 0 Å². The second-order valence-electron chi connectivity index (χ2n) is 3.48. The molecule has 0 aliphatic carbocycles. The third-order valence-electron chi connectivity index (χ3n) is 2.04. The minimum absolute atomic E-state index is 0.163. The van der Waals surface area contributed by atoms with E-state index in [4.69, 9.17) is 10.5 Å². The molecule has 0 fully saturated rings. The molecule has 0 saturated heterocycles. The minimum Gasteiger partial charge on any atom is -0.448 e. The van der Waals surface area contributed by atoms with E-state index in [0.29, 0.717) is 0 Å². The van der Waals surface area contributed by atoms with Gasteiger partial charge in [-0.3, -0.25) is 9.89 Å². The Bertz CT molecular complexity index is 386. The Kier molecular flexibility index (Phi) is 4.04. The largest absolute Gasteiger partial charge is 0.448 e. The Morgan fingerprint density at radius 3 is 2.88 bits per heavy atom. The summed E-state index contributed by atoms with van der Waals surface area (Å²) < 4.78 is 4.79. The molecule has 3 N–H and O–H groups in total. The van der Waals surface area contributed by atoms with E-state index in [1.165, 1.54) is 6.92 Å². The number of rotatable bonds is 5. The summed E-state index contributed by atoms with van der Waals surface area (Å²) in [6.07, 6.45) is 0.818. The van der Waals surface area contributed by atoms with Crippen LogP contribution in [-0.2, 0) is 16.0 Å². The number of hydrogen-bond donors (Lipinski definition) is 2. The van der Waals surface area contributed by atoms with E-state index in [9.17, 15) is 9.59 Å². The van der Waals surface area contributed by atoms with E-state index in [1.807, 2.05) is 6.92 Å². The lowest BCUT2D eigenvalue weighted by atomic mass is 10.2. The molecule has 1 aromatic rings. The van der Waals surface area contributed by atoms with Gasteiger partial charge < -0.3 is 10.5 Å². The van der Waals surface area contributed by atoms with Gasteiger partial charge in [0.25, 0.3) is 5.91 Å². The van der Waals surface area contributed by atoms with E-state index >= 15 is 0 Å². The first-order valence-corrected chi connectivity index (χ1v) is 5.09. The first-order valence-electron chi connectivity index (χ1n) is 5.09. The average molecular weight is 225 g/mol. The van der Waals surface area contributed by atoms with Gasteiger partial charge in [-0.1, -0.05) is 13.3 Å². The van der Waals surface area contributed by atoms with Crippen molar-refractivity contribution in [2.75, 3.05) is 0 Å². The second kappa shape index (κ2) is 5.29. The smallest absolute Gasteiger partial charge is 0.359 e. The highest BCUT2D eigenvalue weighted by atomic mass is 16.5.